The fraction of sp³-hybridized carbons (Fsp3) is 0.600. The van der Waals surface area contributed by atoms with Gasteiger partial charge in [0.25, 0.3) is 0 Å². The van der Waals surface area contributed by atoms with Gasteiger partial charge in [-0.2, -0.15) is 0 Å². The number of nitrogens with one attached hydrogen (secondary N) is 1. The molecule has 15 heavy (non-hydrogen) atoms. The molecule has 0 saturated carbocycles. The Labute approximate surface area is 104 Å². The van der Waals surface area contributed by atoms with E-state index in [0.717, 1.165) is 22.6 Å². The van der Waals surface area contributed by atoms with Gasteiger partial charge in [0, 0.05) is 19.1 Å². The van der Waals surface area contributed by atoms with E-state index < -0.39 is 0 Å². The van der Waals surface area contributed by atoms with Crippen molar-refractivity contribution in [2.24, 2.45) is 0 Å². The minimum Gasteiger partial charge on any atom is -0.355 e. The Hall–Kier alpha value is -0.430. The minimum atomic E-state index is 0.665. The first-order valence-corrected chi connectivity index (χ1v) is 6.29. The molecule has 82 valence electrons. The maximum absolute atomic E-state index is 4.20. The molecule has 1 aromatic rings. The van der Waals surface area contributed by atoms with Gasteiger partial charge in [-0.3, -0.25) is 0 Å². The topological polar surface area (TPSA) is 41.0 Å². The molecule has 1 aromatic heterocycles. The summed E-state index contributed by atoms with van der Waals surface area (Å²) in [5.41, 5.74) is 0. The van der Waals surface area contributed by atoms with Crippen LogP contribution in [-0.4, -0.2) is 36.4 Å². The molecule has 1 N–H and O–H groups in total. The smallest absolute Gasteiger partial charge is 0.151 e. The van der Waals surface area contributed by atoms with Crippen molar-refractivity contribution < 1.29 is 0 Å². The first-order valence-electron chi connectivity index (χ1n) is 5.21. The van der Waals surface area contributed by atoms with Gasteiger partial charge in [-0.1, -0.05) is 0 Å². The maximum Gasteiger partial charge on any atom is 0.151 e. The van der Waals surface area contributed by atoms with Gasteiger partial charge >= 0.3 is 0 Å². The monoisotopic (exact) mass is 318 g/mol. The highest BCUT2D eigenvalue weighted by Gasteiger charge is 2.18. The van der Waals surface area contributed by atoms with E-state index in [0.29, 0.717) is 6.04 Å². The third-order valence-corrected chi connectivity index (χ3v) is 3.42. The standard InChI is InChI=1S/C10H15IN4/c1-12-8-4-6-15(7-5-8)10-3-2-9(11)13-14-10/h2-3,8,12H,4-7H2,1H3. The van der Waals surface area contributed by atoms with Gasteiger partial charge in [-0.15, -0.1) is 10.2 Å². The Bertz CT molecular complexity index is 306. The quantitative estimate of drug-likeness (QED) is 0.834. The summed E-state index contributed by atoms with van der Waals surface area (Å²) in [6.45, 7) is 2.14. The molecular weight excluding hydrogens is 303 g/mol. The zero-order valence-corrected chi connectivity index (χ0v) is 10.9. The van der Waals surface area contributed by atoms with Crippen LogP contribution in [0.3, 0.4) is 0 Å². The van der Waals surface area contributed by atoms with Crippen molar-refractivity contribution in [3.05, 3.63) is 15.8 Å². The highest BCUT2D eigenvalue weighted by molar-refractivity contribution is 14.1. The predicted octanol–water partition coefficient (Wildman–Crippen LogP) is 1.27. The molecule has 2 rings (SSSR count). The average Bonchev–Trinajstić information content (AvgIpc) is 2.30. The summed E-state index contributed by atoms with van der Waals surface area (Å²) in [6.07, 6.45) is 2.37. The average molecular weight is 318 g/mol. The summed E-state index contributed by atoms with van der Waals surface area (Å²) < 4.78 is 0.946. The van der Waals surface area contributed by atoms with Crippen molar-refractivity contribution in [1.29, 1.82) is 0 Å². The molecule has 0 radical (unpaired) electrons. The fourth-order valence-electron chi connectivity index (χ4n) is 1.87. The molecule has 0 aromatic carbocycles. The summed E-state index contributed by atoms with van der Waals surface area (Å²) in [4.78, 5) is 2.30. The Morgan fingerprint density at radius 2 is 2.07 bits per heavy atom. The van der Waals surface area contributed by atoms with Crippen molar-refractivity contribution >= 4 is 28.4 Å². The normalized spacial score (nSPS) is 18.1. The van der Waals surface area contributed by atoms with E-state index in [4.69, 9.17) is 0 Å². The van der Waals surface area contributed by atoms with Crippen LogP contribution < -0.4 is 10.2 Å². The van der Waals surface area contributed by atoms with Crippen LogP contribution in [0.25, 0.3) is 0 Å². The first kappa shape index (κ1) is 11.1. The van der Waals surface area contributed by atoms with Crippen molar-refractivity contribution in [3.8, 4) is 0 Å². The molecule has 4 nitrogen and oxygen atoms in total. The van der Waals surface area contributed by atoms with Gasteiger partial charge in [0.2, 0.25) is 0 Å². The van der Waals surface area contributed by atoms with Gasteiger partial charge in [-0.25, -0.2) is 0 Å². The molecule has 0 unspecified atom stereocenters. The Kier molecular flexibility index (Phi) is 3.74. The van der Waals surface area contributed by atoms with Crippen LogP contribution >= 0.6 is 22.6 Å². The van der Waals surface area contributed by atoms with Gasteiger partial charge in [0.05, 0.1) is 0 Å². The highest BCUT2D eigenvalue weighted by atomic mass is 127. The molecule has 1 saturated heterocycles. The van der Waals surface area contributed by atoms with Crippen LogP contribution in [0.2, 0.25) is 0 Å². The van der Waals surface area contributed by atoms with Crippen LogP contribution in [0.5, 0.6) is 0 Å². The number of anilines is 1. The van der Waals surface area contributed by atoms with E-state index in [-0.39, 0.29) is 0 Å². The molecule has 0 amide bonds. The molecule has 1 aliphatic rings. The Morgan fingerprint density at radius 3 is 2.60 bits per heavy atom. The summed E-state index contributed by atoms with van der Waals surface area (Å²) in [5, 5.41) is 11.6. The fourth-order valence-corrected chi connectivity index (χ4v) is 2.16. The van der Waals surface area contributed by atoms with Crippen molar-refractivity contribution in [1.82, 2.24) is 15.5 Å². The SMILES string of the molecule is CNC1CCN(c2ccc(I)nn2)CC1. The van der Waals surface area contributed by atoms with Crippen LogP contribution in [0.4, 0.5) is 5.82 Å². The predicted molar refractivity (Wildman–Crippen MR) is 69.0 cm³/mol. The Balaban J connectivity index is 1.98. The number of rotatable bonds is 2. The summed E-state index contributed by atoms with van der Waals surface area (Å²) in [7, 11) is 2.03. The van der Waals surface area contributed by atoms with Crippen molar-refractivity contribution in [2.75, 3.05) is 25.0 Å². The molecule has 1 fully saturated rings. The molecule has 5 heteroatoms. The molecule has 0 spiro atoms. The third-order valence-electron chi connectivity index (χ3n) is 2.85. The number of nitrogens with zero attached hydrogens (tertiary/aromatic N) is 3. The van der Waals surface area contributed by atoms with E-state index in [1.54, 1.807) is 0 Å². The van der Waals surface area contributed by atoms with Gasteiger partial charge in [0.15, 0.2) is 5.82 Å². The number of halogens is 1. The summed E-state index contributed by atoms with van der Waals surface area (Å²) in [6, 6.07) is 4.72. The molecule has 2 heterocycles. The van der Waals surface area contributed by atoms with Gasteiger partial charge < -0.3 is 10.2 Å². The summed E-state index contributed by atoms with van der Waals surface area (Å²) >= 11 is 2.17. The van der Waals surface area contributed by atoms with E-state index in [1.807, 2.05) is 13.1 Å². The van der Waals surface area contributed by atoms with Crippen LogP contribution in [-0.2, 0) is 0 Å². The van der Waals surface area contributed by atoms with Gasteiger partial charge in [0.1, 0.15) is 3.70 Å². The van der Waals surface area contributed by atoms with Crippen LogP contribution in [0.1, 0.15) is 12.8 Å². The zero-order valence-electron chi connectivity index (χ0n) is 8.78. The lowest BCUT2D eigenvalue weighted by Crippen LogP contribution is -2.41. The number of hydrogen-bond acceptors (Lipinski definition) is 4. The largest absolute Gasteiger partial charge is 0.355 e. The number of piperidine rings is 1. The second-order valence-electron chi connectivity index (χ2n) is 3.76. The molecule has 0 atom stereocenters. The number of aromatic nitrogens is 2. The summed E-state index contributed by atoms with van der Waals surface area (Å²) in [5.74, 6) is 1.00. The lowest BCUT2D eigenvalue weighted by molar-refractivity contribution is 0.440. The van der Waals surface area contributed by atoms with Crippen LogP contribution in [0.15, 0.2) is 12.1 Å². The van der Waals surface area contributed by atoms with E-state index >= 15 is 0 Å². The van der Waals surface area contributed by atoms with E-state index in [1.165, 1.54) is 12.8 Å². The van der Waals surface area contributed by atoms with Crippen molar-refractivity contribution in [2.45, 2.75) is 18.9 Å². The lowest BCUT2D eigenvalue weighted by Gasteiger charge is -2.32. The van der Waals surface area contributed by atoms with Crippen LogP contribution in [0, 0.1) is 3.70 Å². The van der Waals surface area contributed by atoms with Gasteiger partial charge in [-0.05, 0) is 54.6 Å². The lowest BCUT2D eigenvalue weighted by atomic mass is 10.1. The number of hydrogen-bond donors (Lipinski definition) is 1. The van der Waals surface area contributed by atoms with Crippen molar-refractivity contribution in [3.63, 3.8) is 0 Å². The molecule has 0 bridgehead atoms. The Morgan fingerprint density at radius 1 is 1.33 bits per heavy atom. The maximum atomic E-state index is 4.20. The second-order valence-corrected chi connectivity index (χ2v) is 4.87. The first-order chi connectivity index (χ1) is 7.29. The molecule has 0 aliphatic carbocycles. The second kappa shape index (κ2) is 5.07. The molecular formula is C10H15IN4. The minimum absolute atomic E-state index is 0.665. The highest BCUT2D eigenvalue weighted by Crippen LogP contribution is 2.17. The van der Waals surface area contributed by atoms with E-state index in [9.17, 15) is 0 Å². The molecule has 1 aliphatic heterocycles. The van der Waals surface area contributed by atoms with E-state index in [2.05, 4.69) is 49.1 Å². The third kappa shape index (κ3) is 2.78. The zero-order chi connectivity index (χ0) is 10.7.